The van der Waals surface area contributed by atoms with Crippen LogP contribution in [0.5, 0.6) is 0 Å². The Morgan fingerprint density at radius 2 is 1.93 bits per heavy atom. The highest BCUT2D eigenvalue weighted by atomic mass is 35.5. The summed E-state index contributed by atoms with van der Waals surface area (Å²) < 4.78 is 1.69. The zero-order valence-electron chi connectivity index (χ0n) is 17.2. The molecule has 1 aromatic carbocycles. The van der Waals surface area contributed by atoms with E-state index in [-0.39, 0.29) is 23.3 Å². The Kier molecular flexibility index (Phi) is 8.01. The summed E-state index contributed by atoms with van der Waals surface area (Å²) in [6.45, 7) is 4.69. The van der Waals surface area contributed by atoms with Crippen molar-refractivity contribution in [3.8, 4) is 0 Å². The predicted molar refractivity (Wildman–Crippen MR) is 121 cm³/mol. The maximum absolute atomic E-state index is 13.0. The zero-order valence-corrected chi connectivity index (χ0v) is 18.8. The summed E-state index contributed by atoms with van der Waals surface area (Å²) in [7, 11) is 0. The Morgan fingerprint density at radius 3 is 2.62 bits per heavy atom. The Bertz CT molecular complexity index is 905. The van der Waals surface area contributed by atoms with Gasteiger partial charge in [0.05, 0.1) is 16.7 Å². The molecule has 1 aliphatic carbocycles. The van der Waals surface area contributed by atoms with Crippen LogP contribution in [0, 0.1) is 5.92 Å². The summed E-state index contributed by atoms with van der Waals surface area (Å²) in [6, 6.07) is 5.41. The van der Waals surface area contributed by atoms with Crippen LogP contribution in [0.3, 0.4) is 0 Å². The fourth-order valence-electron chi connectivity index (χ4n) is 3.81. The highest BCUT2D eigenvalue weighted by molar-refractivity contribution is 7.99. The molecule has 1 fully saturated rings. The average Bonchev–Trinajstić information content (AvgIpc) is 2.64. The fourth-order valence-corrected chi connectivity index (χ4v) is 4.80. The largest absolute Gasteiger partial charge is 0.353 e. The molecule has 1 aliphatic rings. The molecule has 1 amide bonds. The van der Waals surface area contributed by atoms with E-state index in [1.165, 1.54) is 43.9 Å². The predicted octanol–water partition coefficient (Wildman–Crippen LogP) is 5.03. The van der Waals surface area contributed by atoms with Crippen LogP contribution in [0.25, 0.3) is 10.9 Å². The maximum Gasteiger partial charge on any atom is 0.262 e. The first-order chi connectivity index (χ1) is 13.9. The highest BCUT2D eigenvalue weighted by Crippen LogP contribution is 2.22. The smallest absolute Gasteiger partial charge is 0.262 e. The molecular weight excluding hydrogens is 406 g/mol. The molecule has 2 aromatic rings. The van der Waals surface area contributed by atoms with Crippen LogP contribution in [0.4, 0.5) is 0 Å². The van der Waals surface area contributed by atoms with Gasteiger partial charge in [0.2, 0.25) is 5.91 Å². The molecule has 1 saturated carbocycles. The first kappa shape index (κ1) is 22.2. The monoisotopic (exact) mass is 435 g/mol. The molecule has 1 heterocycles. The lowest BCUT2D eigenvalue weighted by Gasteiger charge is -2.21. The summed E-state index contributed by atoms with van der Waals surface area (Å²) in [5, 5.41) is 4.86. The van der Waals surface area contributed by atoms with Crippen molar-refractivity contribution in [1.82, 2.24) is 14.9 Å². The van der Waals surface area contributed by atoms with E-state index in [0.29, 0.717) is 33.5 Å². The molecule has 0 atom stereocenters. The number of nitrogens with one attached hydrogen (secondary N) is 1. The van der Waals surface area contributed by atoms with E-state index in [9.17, 15) is 9.59 Å². The van der Waals surface area contributed by atoms with Crippen molar-refractivity contribution < 1.29 is 4.79 Å². The minimum atomic E-state index is -0.0803. The van der Waals surface area contributed by atoms with Crippen LogP contribution in [0.2, 0.25) is 5.02 Å². The normalized spacial score (nSPS) is 16.0. The standard InChI is InChI=1S/C22H30ClN3O2S/c1-15(2)13-26-21(28)18-11-10-16(23)12-19(18)25-22(26)29-14-20(27)24-17-8-6-4-3-5-7-9-17/h10-12,15,17H,3-9,13-14H2,1-2H3,(H,24,27). The highest BCUT2D eigenvalue weighted by Gasteiger charge is 2.17. The molecule has 0 bridgehead atoms. The Balaban J connectivity index is 1.75. The number of thioether (sulfide) groups is 1. The zero-order chi connectivity index (χ0) is 20.8. The van der Waals surface area contributed by atoms with Crippen molar-refractivity contribution >= 4 is 40.2 Å². The van der Waals surface area contributed by atoms with Gasteiger partial charge in [-0.15, -0.1) is 0 Å². The van der Waals surface area contributed by atoms with E-state index in [1.54, 1.807) is 22.8 Å². The molecule has 29 heavy (non-hydrogen) atoms. The van der Waals surface area contributed by atoms with E-state index in [1.807, 2.05) is 0 Å². The van der Waals surface area contributed by atoms with Crippen LogP contribution < -0.4 is 10.9 Å². The third kappa shape index (κ3) is 6.22. The molecule has 5 nitrogen and oxygen atoms in total. The summed E-state index contributed by atoms with van der Waals surface area (Å²) in [6.07, 6.45) is 8.29. The molecule has 0 saturated heterocycles. The topological polar surface area (TPSA) is 64.0 Å². The van der Waals surface area contributed by atoms with Gasteiger partial charge in [-0.1, -0.05) is 69.3 Å². The van der Waals surface area contributed by atoms with E-state index in [2.05, 4.69) is 24.1 Å². The molecule has 1 aromatic heterocycles. The number of carbonyl (C=O) groups is 1. The second-order valence-electron chi connectivity index (χ2n) is 8.26. The van der Waals surface area contributed by atoms with Gasteiger partial charge in [0.1, 0.15) is 0 Å². The Hall–Kier alpha value is -1.53. The number of halogens is 1. The van der Waals surface area contributed by atoms with Gasteiger partial charge in [-0.2, -0.15) is 0 Å². The molecule has 0 unspecified atom stereocenters. The van der Waals surface area contributed by atoms with Crippen LogP contribution >= 0.6 is 23.4 Å². The van der Waals surface area contributed by atoms with Crippen molar-refractivity contribution in [2.75, 3.05) is 5.75 Å². The molecule has 3 rings (SSSR count). The van der Waals surface area contributed by atoms with Gasteiger partial charge in [-0.3, -0.25) is 14.2 Å². The molecular formula is C22H30ClN3O2S. The minimum Gasteiger partial charge on any atom is -0.353 e. The number of rotatable bonds is 6. The van der Waals surface area contributed by atoms with Crippen LogP contribution in [0.15, 0.2) is 28.2 Å². The van der Waals surface area contributed by atoms with Gasteiger partial charge in [0.25, 0.3) is 5.56 Å². The molecule has 1 N–H and O–H groups in total. The summed E-state index contributed by atoms with van der Waals surface area (Å²) >= 11 is 7.42. The SMILES string of the molecule is CC(C)Cn1c(SCC(=O)NC2CCCCCCC2)nc2cc(Cl)ccc2c1=O. The number of benzene rings is 1. The first-order valence-electron chi connectivity index (χ1n) is 10.6. The van der Waals surface area contributed by atoms with Crippen LogP contribution in [0.1, 0.15) is 58.8 Å². The summed E-state index contributed by atoms with van der Waals surface area (Å²) in [5.74, 6) is 0.562. The lowest BCUT2D eigenvalue weighted by molar-refractivity contribution is -0.119. The van der Waals surface area contributed by atoms with E-state index in [4.69, 9.17) is 11.6 Å². The van der Waals surface area contributed by atoms with Crippen molar-refractivity contribution in [3.05, 3.63) is 33.6 Å². The molecule has 7 heteroatoms. The van der Waals surface area contributed by atoms with Gasteiger partial charge in [0, 0.05) is 17.6 Å². The quantitative estimate of drug-likeness (QED) is 0.510. The van der Waals surface area contributed by atoms with Gasteiger partial charge >= 0.3 is 0 Å². The van der Waals surface area contributed by atoms with E-state index < -0.39 is 0 Å². The average molecular weight is 436 g/mol. The second kappa shape index (κ2) is 10.5. The molecule has 0 radical (unpaired) electrons. The second-order valence-corrected chi connectivity index (χ2v) is 9.64. The van der Waals surface area contributed by atoms with Gasteiger partial charge in [-0.05, 0) is 37.0 Å². The minimum absolute atomic E-state index is 0.0112. The third-order valence-electron chi connectivity index (χ3n) is 5.23. The summed E-state index contributed by atoms with van der Waals surface area (Å²) in [5.41, 5.74) is 0.494. The van der Waals surface area contributed by atoms with E-state index >= 15 is 0 Å². The maximum atomic E-state index is 13.0. The van der Waals surface area contributed by atoms with Crippen molar-refractivity contribution in [2.24, 2.45) is 5.92 Å². The first-order valence-corrected chi connectivity index (χ1v) is 11.9. The molecule has 0 spiro atoms. The number of hydrogen-bond acceptors (Lipinski definition) is 4. The summed E-state index contributed by atoms with van der Waals surface area (Å²) in [4.78, 5) is 30.2. The third-order valence-corrected chi connectivity index (χ3v) is 6.44. The Morgan fingerprint density at radius 1 is 1.24 bits per heavy atom. The number of nitrogens with zero attached hydrogens (tertiary/aromatic N) is 2. The Labute approximate surface area is 181 Å². The molecule has 158 valence electrons. The van der Waals surface area contributed by atoms with Crippen molar-refractivity contribution in [1.29, 1.82) is 0 Å². The number of hydrogen-bond donors (Lipinski definition) is 1. The number of amides is 1. The van der Waals surface area contributed by atoms with Crippen molar-refractivity contribution in [2.45, 2.75) is 76.5 Å². The lowest BCUT2D eigenvalue weighted by Crippen LogP contribution is -2.36. The van der Waals surface area contributed by atoms with E-state index in [0.717, 1.165) is 12.8 Å². The number of fused-ring (bicyclic) bond motifs is 1. The lowest BCUT2D eigenvalue weighted by atomic mass is 9.97. The fraction of sp³-hybridized carbons (Fsp3) is 0.591. The molecule has 0 aliphatic heterocycles. The van der Waals surface area contributed by atoms with Gasteiger partial charge < -0.3 is 5.32 Å². The number of carbonyl (C=O) groups excluding carboxylic acids is 1. The van der Waals surface area contributed by atoms with Crippen LogP contribution in [-0.4, -0.2) is 27.3 Å². The van der Waals surface area contributed by atoms with Gasteiger partial charge in [0.15, 0.2) is 5.16 Å². The van der Waals surface area contributed by atoms with Crippen LogP contribution in [-0.2, 0) is 11.3 Å². The van der Waals surface area contributed by atoms with Crippen molar-refractivity contribution in [3.63, 3.8) is 0 Å². The number of aromatic nitrogens is 2. The van der Waals surface area contributed by atoms with Gasteiger partial charge in [-0.25, -0.2) is 4.98 Å².